The van der Waals surface area contributed by atoms with Crippen molar-refractivity contribution >= 4 is 40.4 Å². The molecule has 1 aromatic heterocycles. The Balaban J connectivity index is 1.79. The van der Waals surface area contributed by atoms with Crippen LogP contribution >= 0.6 is 22.9 Å². The highest BCUT2D eigenvalue weighted by atomic mass is 35.5. The molecule has 1 saturated carbocycles. The summed E-state index contributed by atoms with van der Waals surface area (Å²) < 4.78 is 0. The fraction of sp³-hybridized carbons (Fsp3) is 0.400. The van der Waals surface area contributed by atoms with E-state index in [0.29, 0.717) is 15.6 Å². The lowest BCUT2D eigenvalue weighted by Crippen LogP contribution is -2.45. The van der Waals surface area contributed by atoms with E-state index in [1.54, 1.807) is 18.2 Å². The topological polar surface area (TPSA) is 49.4 Å². The average Bonchev–Trinajstić information content (AvgIpc) is 3.07. The molecule has 3 rings (SSSR count). The van der Waals surface area contributed by atoms with Crippen molar-refractivity contribution in [2.45, 2.75) is 45.1 Å². The summed E-state index contributed by atoms with van der Waals surface area (Å²) in [6.07, 6.45) is 5.54. The van der Waals surface area contributed by atoms with Crippen LogP contribution in [0.4, 0.5) is 5.69 Å². The molecule has 0 aliphatic heterocycles. The van der Waals surface area contributed by atoms with Gasteiger partial charge in [0.25, 0.3) is 5.91 Å². The van der Waals surface area contributed by atoms with E-state index >= 15 is 0 Å². The maximum Gasteiger partial charge on any atom is 0.268 e. The lowest BCUT2D eigenvalue weighted by molar-refractivity contribution is -0.120. The molecule has 0 atom stereocenters. The van der Waals surface area contributed by atoms with E-state index in [-0.39, 0.29) is 24.4 Å². The molecule has 0 saturated heterocycles. The summed E-state index contributed by atoms with van der Waals surface area (Å²) in [6, 6.07) is 11.1. The van der Waals surface area contributed by atoms with Gasteiger partial charge in [-0.1, -0.05) is 43.0 Å². The summed E-state index contributed by atoms with van der Waals surface area (Å²) in [5, 5.41) is 3.54. The smallest absolute Gasteiger partial charge is 0.268 e. The van der Waals surface area contributed by atoms with E-state index in [0.717, 1.165) is 30.6 Å². The van der Waals surface area contributed by atoms with Gasteiger partial charge in [0, 0.05) is 10.9 Å². The summed E-state index contributed by atoms with van der Waals surface area (Å²) >= 11 is 7.73. The SMILES string of the molecule is Cc1ccc(C(=O)N(CC(=O)NC2CCCCC2)c2ccccc2Cl)s1. The van der Waals surface area contributed by atoms with Gasteiger partial charge < -0.3 is 5.32 Å². The van der Waals surface area contributed by atoms with E-state index in [2.05, 4.69) is 5.32 Å². The van der Waals surface area contributed by atoms with Gasteiger partial charge in [-0.15, -0.1) is 11.3 Å². The molecule has 1 aliphatic carbocycles. The van der Waals surface area contributed by atoms with Gasteiger partial charge in [0.05, 0.1) is 15.6 Å². The Morgan fingerprint density at radius 1 is 1.15 bits per heavy atom. The molecule has 138 valence electrons. The molecule has 1 heterocycles. The Morgan fingerprint density at radius 3 is 2.54 bits per heavy atom. The predicted octanol–water partition coefficient (Wildman–Crippen LogP) is 4.81. The lowest BCUT2D eigenvalue weighted by atomic mass is 9.95. The summed E-state index contributed by atoms with van der Waals surface area (Å²) in [6.45, 7) is 1.92. The van der Waals surface area contributed by atoms with E-state index in [1.165, 1.54) is 22.7 Å². The Kier molecular flexibility index (Phi) is 6.33. The molecule has 1 aliphatic rings. The van der Waals surface area contributed by atoms with Crippen molar-refractivity contribution in [3.05, 3.63) is 51.2 Å². The number of anilines is 1. The van der Waals surface area contributed by atoms with Crippen molar-refractivity contribution in [2.24, 2.45) is 0 Å². The van der Waals surface area contributed by atoms with Gasteiger partial charge in [-0.05, 0) is 44.0 Å². The summed E-state index contributed by atoms with van der Waals surface area (Å²) in [5.74, 6) is -0.339. The van der Waals surface area contributed by atoms with E-state index in [1.807, 2.05) is 25.1 Å². The number of halogens is 1. The van der Waals surface area contributed by atoms with Crippen LogP contribution in [0.5, 0.6) is 0 Å². The quantitative estimate of drug-likeness (QED) is 0.796. The standard InChI is InChI=1S/C20H23ClN2O2S/c1-14-11-12-18(26-14)20(25)23(17-10-6-5-9-16(17)21)13-19(24)22-15-7-3-2-4-8-15/h5-6,9-12,15H,2-4,7-8,13H2,1H3,(H,22,24). The molecular weight excluding hydrogens is 368 g/mol. The monoisotopic (exact) mass is 390 g/mol. The minimum atomic E-state index is -0.199. The van der Waals surface area contributed by atoms with Crippen LogP contribution in [0.2, 0.25) is 5.02 Å². The molecular formula is C20H23ClN2O2S. The van der Waals surface area contributed by atoms with E-state index in [9.17, 15) is 9.59 Å². The second-order valence-electron chi connectivity index (χ2n) is 6.66. The third kappa shape index (κ3) is 4.65. The molecule has 2 amide bonds. The third-order valence-corrected chi connectivity index (χ3v) is 5.92. The van der Waals surface area contributed by atoms with Crippen LogP contribution in [0.1, 0.15) is 46.7 Å². The zero-order valence-electron chi connectivity index (χ0n) is 14.8. The zero-order chi connectivity index (χ0) is 18.5. The van der Waals surface area contributed by atoms with Gasteiger partial charge in [-0.25, -0.2) is 0 Å². The highest BCUT2D eigenvalue weighted by molar-refractivity contribution is 7.14. The van der Waals surface area contributed by atoms with Crippen LogP contribution in [-0.2, 0) is 4.79 Å². The molecule has 1 fully saturated rings. The van der Waals surface area contributed by atoms with Gasteiger partial charge in [-0.3, -0.25) is 14.5 Å². The molecule has 0 bridgehead atoms. The number of para-hydroxylation sites is 1. The van der Waals surface area contributed by atoms with Crippen LogP contribution in [-0.4, -0.2) is 24.4 Å². The fourth-order valence-electron chi connectivity index (χ4n) is 3.28. The highest BCUT2D eigenvalue weighted by Gasteiger charge is 2.25. The largest absolute Gasteiger partial charge is 0.352 e. The number of hydrogen-bond donors (Lipinski definition) is 1. The minimum absolute atomic E-state index is 0.0317. The maximum absolute atomic E-state index is 13.0. The minimum Gasteiger partial charge on any atom is -0.352 e. The molecule has 0 unspecified atom stereocenters. The van der Waals surface area contributed by atoms with Crippen LogP contribution in [0.3, 0.4) is 0 Å². The first kappa shape index (κ1) is 18.9. The number of aryl methyl sites for hydroxylation is 1. The van der Waals surface area contributed by atoms with Crippen LogP contribution < -0.4 is 10.2 Å². The number of amides is 2. The Bertz CT molecular complexity index is 784. The lowest BCUT2D eigenvalue weighted by Gasteiger charge is -2.26. The molecule has 0 spiro atoms. The number of carbonyl (C=O) groups excluding carboxylic acids is 2. The molecule has 2 aromatic rings. The molecule has 6 heteroatoms. The third-order valence-electron chi connectivity index (χ3n) is 4.61. The molecule has 1 aromatic carbocycles. The summed E-state index contributed by atoms with van der Waals surface area (Å²) in [7, 11) is 0. The first-order chi connectivity index (χ1) is 12.5. The Labute approximate surface area is 163 Å². The maximum atomic E-state index is 13.0. The average molecular weight is 391 g/mol. The molecule has 26 heavy (non-hydrogen) atoms. The van der Waals surface area contributed by atoms with Crippen molar-refractivity contribution in [3.63, 3.8) is 0 Å². The van der Waals surface area contributed by atoms with E-state index < -0.39 is 0 Å². The van der Waals surface area contributed by atoms with Gasteiger partial charge in [0.1, 0.15) is 6.54 Å². The van der Waals surface area contributed by atoms with Crippen LogP contribution in [0, 0.1) is 6.92 Å². The normalized spacial score (nSPS) is 14.8. The van der Waals surface area contributed by atoms with Crippen molar-refractivity contribution in [2.75, 3.05) is 11.4 Å². The number of benzene rings is 1. The van der Waals surface area contributed by atoms with E-state index in [4.69, 9.17) is 11.6 Å². The number of nitrogens with one attached hydrogen (secondary N) is 1. The van der Waals surface area contributed by atoms with Gasteiger partial charge in [0.2, 0.25) is 5.91 Å². The number of hydrogen-bond acceptors (Lipinski definition) is 3. The van der Waals surface area contributed by atoms with Crippen molar-refractivity contribution in [1.29, 1.82) is 0 Å². The van der Waals surface area contributed by atoms with Crippen molar-refractivity contribution in [1.82, 2.24) is 5.32 Å². The Hall–Kier alpha value is -1.85. The van der Waals surface area contributed by atoms with Crippen molar-refractivity contribution < 1.29 is 9.59 Å². The summed E-state index contributed by atoms with van der Waals surface area (Å²) in [4.78, 5) is 28.8. The second-order valence-corrected chi connectivity index (χ2v) is 8.35. The van der Waals surface area contributed by atoms with Crippen LogP contribution in [0.15, 0.2) is 36.4 Å². The van der Waals surface area contributed by atoms with Gasteiger partial charge in [0.15, 0.2) is 0 Å². The summed E-state index contributed by atoms with van der Waals surface area (Å²) in [5.41, 5.74) is 0.559. The predicted molar refractivity (Wildman–Crippen MR) is 107 cm³/mol. The van der Waals surface area contributed by atoms with Gasteiger partial charge in [-0.2, -0.15) is 0 Å². The van der Waals surface area contributed by atoms with Gasteiger partial charge >= 0.3 is 0 Å². The molecule has 1 N–H and O–H groups in total. The van der Waals surface area contributed by atoms with Crippen molar-refractivity contribution in [3.8, 4) is 0 Å². The first-order valence-electron chi connectivity index (χ1n) is 8.97. The van der Waals surface area contributed by atoms with Crippen LogP contribution in [0.25, 0.3) is 0 Å². The number of rotatable bonds is 5. The fourth-order valence-corrected chi connectivity index (χ4v) is 4.34. The second kappa shape index (κ2) is 8.69. The first-order valence-corrected chi connectivity index (χ1v) is 10.2. The molecule has 4 nitrogen and oxygen atoms in total. The number of carbonyl (C=O) groups is 2. The highest BCUT2D eigenvalue weighted by Crippen LogP contribution is 2.28. The molecule has 0 radical (unpaired) electrons. The Morgan fingerprint density at radius 2 is 1.88 bits per heavy atom. The zero-order valence-corrected chi connectivity index (χ0v) is 16.4. The number of nitrogens with zero attached hydrogens (tertiary/aromatic N) is 1. The number of thiophene rings is 1.